The maximum Gasteiger partial charge on any atom is 0.340 e. The molecule has 2 aromatic heterocycles. The average Bonchev–Trinajstić information content (AvgIpc) is 3.22. The highest BCUT2D eigenvalue weighted by Gasteiger charge is 2.16. The van der Waals surface area contributed by atoms with Gasteiger partial charge in [-0.3, -0.25) is 4.68 Å². The van der Waals surface area contributed by atoms with Crippen molar-refractivity contribution in [3.05, 3.63) is 64.5 Å². The summed E-state index contributed by atoms with van der Waals surface area (Å²) in [5.41, 5.74) is 1.63. The van der Waals surface area contributed by atoms with E-state index < -0.39 is 5.97 Å². The van der Waals surface area contributed by atoms with Crippen molar-refractivity contribution in [2.75, 3.05) is 17.7 Å². The minimum Gasteiger partial charge on any atom is -0.465 e. The zero-order valence-electron chi connectivity index (χ0n) is 14.7. The summed E-state index contributed by atoms with van der Waals surface area (Å²) < 4.78 is 20.1. The minimum atomic E-state index is -0.428. The summed E-state index contributed by atoms with van der Waals surface area (Å²) in [6, 6.07) is 8.30. The molecule has 0 spiro atoms. The number of benzene rings is 1. The lowest BCUT2D eigenvalue weighted by Gasteiger charge is -2.08. The maximum absolute atomic E-state index is 13.7. The Hall–Kier alpha value is -2.78. The first-order valence-electron chi connectivity index (χ1n) is 7.99. The van der Waals surface area contributed by atoms with Gasteiger partial charge in [0.25, 0.3) is 0 Å². The molecule has 1 aromatic carbocycles. The molecule has 0 bridgehead atoms. The van der Waals surface area contributed by atoms with Gasteiger partial charge in [0.2, 0.25) is 0 Å². The molecule has 0 fully saturated rings. The number of aromatic nitrogens is 2. The molecule has 0 aliphatic heterocycles. The molecule has 0 aliphatic rings. The van der Waals surface area contributed by atoms with Gasteiger partial charge in [0.05, 0.1) is 31.1 Å². The lowest BCUT2D eigenvalue weighted by Crippen LogP contribution is -2.19. The minimum absolute atomic E-state index is 0.275. The van der Waals surface area contributed by atoms with Gasteiger partial charge in [-0.25, -0.2) is 9.18 Å². The molecule has 0 amide bonds. The Balaban J connectivity index is 1.65. The van der Waals surface area contributed by atoms with Crippen molar-refractivity contribution in [2.24, 2.45) is 0 Å². The van der Waals surface area contributed by atoms with Crippen molar-refractivity contribution in [2.45, 2.75) is 13.5 Å². The highest BCUT2D eigenvalue weighted by atomic mass is 32.1. The number of carbonyl (C=O) groups is 1. The van der Waals surface area contributed by atoms with Crippen LogP contribution in [0.4, 0.5) is 15.1 Å². The van der Waals surface area contributed by atoms with Crippen LogP contribution in [0.1, 0.15) is 20.8 Å². The van der Waals surface area contributed by atoms with Crippen LogP contribution in [0.25, 0.3) is 0 Å². The third-order valence-corrected chi connectivity index (χ3v) is 4.84. The van der Waals surface area contributed by atoms with E-state index in [0.717, 1.165) is 4.88 Å². The summed E-state index contributed by atoms with van der Waals surface area (Å²) in [6.07, 6.45) is 3.32. The number of hydrogen-bond donors (Lipinski definition) is 2. The van der Waals surface area contributed by atoms with Crippen molar-refractivity contribution in [3.63, 3.8) is 0 Å². The highest BCUT2D eigenvalue weighted by molar-refractivity contribution is 7.80. The van der Waals surface area contributed by atoms with Gasteiger partial charge in [-0.2, -0.15) is 5.10 Å². The first-order valence-corrected chi connectivity index (χ1v) is 9.21. The van der Waals surface area contributed by atoms with Crippen LogP contribution in [0.15, 0.2) is 42.7 Å². The predicted octanol–water partition coefficient (Wildman–Crippen LogP) is 4.04. The molecule has 0 saturated heterocycles. The SMILES string of the molecule is COC(=O)c1cc(C)sc1NC(=S)Nc1cnn(Cc2ccccc2F)c1. The average molecular weight is 404 g/mol. The monoisotopic (exact) mass is 404 g/mol. The number of aryl methyl sites for hydroxylation is 1. The normalized spacial score (nSPS) is 10.5. The fourth-order valence-electron chi connectivity index (χ4n) is 2.45. The van der Waals surface area contributed by atoms with Crippen molar-refractivity contribution >= 4 is 45.3 Å². The number of thiophene rings is 1. The summed E-state index contributed by atoms with van der Waals surface area (Å²) >= 11 is 6.71. The number of hydrogen-bond acceptors (Lipinski definition) is 5. The Labute approximate surface area is 165 Å². The summed E-state index contributed by atoms with van der Waals surface area (Å²) in [5.74, 6) is -0.703. The van der Waals surface area contributed by atoms with E-state index in [2.05, 4.69) is 15.7 Å². The molecule has 6 nitrogen and oxygen atoms in total. The molecule has 2 N–H and O–H groups in total. The van der Waals surface area contributed by atoms with Crippen molar-refractivity contribution < 1.29 is 13.9 Å². The molecule has 27 heavy (non-hydrogen) atoms. The number of nitrogens with zero attached hydrogens (tertiary/aromatic N) is 2. The second-order valence-corrected chi connectivity index (χ2v) is 7.35. The van der Waals surface area contributed by atoms with Gasteiger partial charge in [-0.1, -0.05) is 18.2 Å². The number of esters is 1. The lowest BCUT2D eigenvalue weighted by molar-refractivity contribution is 0.0602. The quantitative estimate of drug-likeness (QED) is 0.494. The van der Waals surface area contributed by atoms with Gasteiger partial charge in [-0.15, -0.1) is 11.3 Å². The first-order chi connectivity index (χ1) is 13.0. The van der Waals surface area contributed by atoms with Gasteiger partial charge < -0.3 is 15.4 Å². The summed E-state index contributed by atoms with van der Waals surface area (Å²) in [7, 11) is 1.33. The standard InChI is InChI=1S/C18H17FN4O2S2/c1-11-7-14(17(24)25-2)16(27-11)22-18(26)21-13-8-20-23(10-13)9-12-5-3-4-6-15(12)19/h3-8,10H,9H2,1-2H3,(H2,21,22,26). The third kappa shape index (κ3) is 4.69. The van der Waals surface area contributed by atoms with E-state index in [1.807, 2.05) is 6.92 Å². The molecule has 3 rings (SSSR count). The number of nitrogens with one attached hydrogen (secondary N) is 2. The van der Waals surface area contributed by atoms with E-state index in [4.69, 9.17) is 17.0 Å². The highest BCUT2D eigenvalue weighted by Crippen LogP contribution is 2.28. The van der Waals surface area contributed by atoms with Crippen LogP contribution in [0, 0.1) is 12.7 Å². The van der Waals surface area contributed by atoms with Gasteiger partial charge in [-0.05, 0) is 31.3 Å². The van der Waals surface area contributed by atoms with Crippen molar-refractivity contribution in [1.82, 2.24) is 9.78 Å². The van der Waals surface area contributed by atoms with E-state index in [1.54, 1.807) is 41.3 Å². The van der Waals surface area contributed by atoms with E-state index in [0.29, 0.717) is 33.5 Å². The second kappa shape index (κ2) is 8.28. The summed E-state index contributed by atoms with van der Waals surface area (Å²) in [6.45, 7) is 2.21. The Kier molecular flexibility index (Phi) is 5.82. The van der Waals surface area contributed by atoms with Crippen LogP contribution in [-0.4, -0.2) is 28.0 Å². The van der Waals surface area contributed by atoms with E-state index in [1.165, 1.54) is 24.5 Å². The second-order valence-electron chi connectivity index (χ2n) is 5.69. The number of halogens is 1. The molecular weight excluding hydrogens is 387 g/mol. The molecule has 0 atom stereocenters. The number of methoxy groups -OCH3 is 1. The molecule has 3 aromatic rings. The summed E-state index contributed by atoms with van der Waals surface area (Å²) in [4.78, 5) is 12.8. The fraction of sp³-hybridized carbons (Fsp3) is 0.167. The zero-order valence-corrected chi connectivity index (χ0v) is 16.3. The number of ether oxygens (including phenoxy) is 1. The molecule has 140 valence electrons. The van der Waals surface area contributed by atoms with Gasteiger partial charge >= 0.3 is 5.97 Å². The maximum atomic E-state index is 13.7. The Morgan fingerprint density at radius 2 is 2.15 bits per heavy atom. The number of carbonyl (C=O) groups excluding carboxylic acids is 1. The number of rotatable bonds is 5. The molecular formula is C18H17FN4O2S2. The lowest BCUT2D eigenvalue weighted by atomic mass is 10.2. The molecule has 0 saturated carbocycles. The van der Waals surface area contributed by atoms with Crippen molar-refractivity contribution in [1.29, 1.82) is 0 Å². The van der Waals surface area contributed by atoms with Crippen LogP contribution in [0.5, 0.6) is 0 Å². The fourth-order valence-corrected chi connectivity index (χ4v) is 3.64. The van der Waals surface area contributed by atoms with Gasteiger partial charge in [0, 0.05) is 16.6 Å². The topological polar surface area (TPSA) is 68.2 Å². The largest absolute Gasteiger partial charge is 0.465 e. The molecule has 0 radical (unpaired) electrons. The van der Waals surface area contributed by atoms with E-state index in [9.17, 15) is 9.18 Å². The van der Waals surface area contributed by atoms with Gasteiger partial charge in [0.15, 0.2) is 5.11 Å². The van der Waals surface area contributed by atoms with Crippen molar-refractivity contribution in [3.8, 4) is 0 Å². The van der Waals surface area contributed by atoms with Crippen LogP contribution in [-0.2, 0) is 11.3 Å². The molecule has 9 heteroatoms. The predicted molar refractivity (Wildman–Crippen MR) is 108 cm³/mol. The molecule has 2 heterocycles. The Morgan fingerprint density at radius 3 is 2.89 bits per heavy atom. The zero-order chi connectivity index (χ0) is 19.4. The molecule has 0 unspecified atom stereocenters. The van der Waals surface area contributed by atoms with E-state index >= 15 is 0 Å². The Bertz CT molecular complexity index is 983. The number of anilines is 2. The third-order valence-electron chi connectivity index (χ3n) is 3.67. The smallest absolute Gasteiger partial charge is 0.340 e. The van der Waals surface area contributed by atoms with Crippen LogP contribution in [0.2, 0.25) is 0 Å². The number of thiocarbonyl (C=S) groups is 1. The van der Waals surface area contributed by atoms with E-state index in [-0.39, 0.29) is 5.82 Å². The first kappa shape index (κ1) is 19.0. The van der Waals surface area contributed by atoms with Gasteiger partial charge in [0.1, 0.15) is 10.8 Å². The molecule has 0 aliphatic carbocycles. The van der Waals surface area contributed by atoms with Crippen LogP contribution >= 0.6 is 23.6 Å². The Morgan fingerprint density at radius 1 is 1.37 bits per heavy atom. The summed E-state index contributed by atoms with van der Waals surface area (Å²) in [5, 5.41) is 11.1. The van der Waals surface area contributed by atoms with Crippen LogP contribution in [0.3, 0.4) is 0 Å². The van der Waals surface area contributed by atoms with Crippen LogP contribution < -0.4 is 10.6 Å².